The third kappa shape index (κ3) is 6.47. The maximum atomic E-state index is 5.76. The van der Waals surface area contributed by atoms with Gasteiger partial charge in [0.2, 0.25) is 0 Å². The highest BCUT2D eigenvalue weighted by Gasteiger charge is 1.97. The molecule has 1 aromatic rings. The molecule has 0 radical (unpaired) electrons. The van der Waals surface area contributed by atoms with Gasteiger partial charge in [0.1, 0.15) is 5.75 Å². The Morgan fingerprint density at radius 1 is 1.47 bits per heavy atom. The van der Waals surface area contributed by atoms with Crippen LogP contribution in [0.5, 0.6) is 5.75 Å². The van der Waals surface area contributed by atoms with Crippen molar-refractivity contribution in [3.05, 3.63) is 36.4 Å². The molecule has 1 aromatic carbocycles. The number of ether oxygens (including phenoxy) is 2. The second kappa shape index (κ2) is 8.16. The van der Waals surface area contributed by atoms with Crippen molar-refractivity contribution < 1.29 is 9.47 Å². The number of anilines is 1. The van der Waals surface area contributed by atoms with E-state index in [1.807, 2.05) is 31.2 Å². The Kier molecular flexibility index (Phi) is 6.46. The minimum absolute atomic E-state index is 0.354. The molecule has 1 rings (SSSR count). The molecule has 0 unspecified atom stereocenters. The molecule has 104 valence electrons. The Morgan fingerprint density at radius 2 is 2.26 bits per heavy atom. The van der Waals surface area contributed by atoms with Gasteiger partial charge in [-0.05, 0) is 19.1 Å². The summed E-state index contributed by atoms with van der Waals surface area (Å²) in [7, 11) is 1.62. The zero-order valence-corrected chi connectivity index (χ0v) is 11.5. The molecule has 0 aromatic heterocycles. The first kappa shape index (κ1) is 15.0. The van der Waals surface area contributed by atoms with Gasteiger partial charge < -0.3 is 20.5 Å². The molecular weight excluding hydrogens is 242 g/mol. The van der Waals surface area contributed by atoms with Gasteiger partial charge >= 0.3 is 0 Å². The van der Waals surface area contributed by atoms with Crippen LogP contribution in [0, 0.1) is 0 Å². The number of hydrogen-bond acceptors (Lipinski definition) is 3. The standard InChI is InChI=1S/C14H21N3O2/c1-11(2)10-19-8-7-16-14(15)17-12-5-4-6-13(9-12)18-3/h4-6,9H,1,7-8,10H2,2-3H3,(H3,15,16,17). The van der Waals surface area contributed by atoms with Crippen molar-refractivity contribution in [3.8, 4) is 5.75 Å². The number of nitrogens with zero attached hydrogens (tertiary/aromatic N) is 1. The van der Waals surface area contributed by atoms with E-state index < -0.39 is 0 Å². The fraction of sp³-hybridized carbons (Fsp3) is 0.357. The number of benzene rings is 1. The predicted octanol–water partition coefficient (Wildman–Crippen LogP) is 2.01. The summed E-state index contributed by atoms with van der Waals surface area (Å²) < 4.78 is 10.4. The smallest absolute Gasteiger partial charge is 0.193 e. The van der Waals surface area contributed by atoms with Gasteiger partial charge in [-0.15, -0.1) is 0 Å². The van der Waals surface area contributed by atoms with Crippen molar-refractivity contribution in [2.24, 2.45) is 10.7 Å². The van der Waals surface area contributed by atoms with E-state index in [0.717, 1.165) is 17.0 Å². The summed E-state index contributed by atoms with van der Waals surface area (Å²) in [4.78, 5) is 4.16. The largest absolute Gasteiger partial charge is 0.497 e. The summed E-state index contributed by atoms with van der Waals surface area (Å²) in [6.07, 6.45) is 0. The van der Waals surface area contributed by atoms with Gasteiger partial charge in [0.05, 0.1) is 26.9 Å². The van der Waals surface area contributed by atoms with Crippen LogP contribution in [0.4, 0.5) is 5.69 Å². The first-order chi connectivity index (χ1) is 9.11. The van der Waals surface area contributed by atoms with E-state index in [2.05, 4.69) is 16.9 Å². The van der Waals surface area contributed by atoms with E-state index in [1.54, 1.807) is 7.11 Å². The second-order valence-corrected chi connectivity index (χ2v) is 4.13. The van der Waals surface area contributed by atoms with E-state index in [4.69, 9.17) is 15.2 Å². The fourth-order valence-electron chi connectivity index (χ4n) is 1.37. The van der Waals surface area contributed by atoms with Crippen LogP contribution in [-0.4, -0.2) is 32.8 Å². The monoisotopic (exact) mass is 263 g/mol. The zero-order chi connectivity index (χ0) is 14.1. The van der Waals surface area contributed by atoms with Gasteiger partial charge in [0.15, 0.2) is 5.96 Å². The summed E-state index contributed by atoms with van der Waals surface area (Å²) in [5.41, 5.74) is 7.59. The van der Waals surface area contributed by atoms with Gasteiger partial charge in [-0.2, -0.15) is 0 Å². The molecule has 5 heteroatoms. The quantitative estimate of drug-likeness (QED) is 0.342. The number of aliphatic imine (C=N–C) groups is 1. The lowest BCUT2D eigenvalue weighted by Gasteiger charge is -2.07. The average Bonchev–Trinajstić information content (AvgIpc) is 2.38. The number of hydrogen-bond donors (Lipinski definition) is 2. The molecule has 5 nitrogen and oxygen atoms in total. The van der Waals surface area contributed by atoms with Gasteiger partial charge in [0.25, 0.3) is 0 Å². The molecule has 0 spiro atoms. The third-order valence-corrected chi connectivity index (χ3v) is 2.21. The normalized spacial score (nSPS) is 11.2. The van der Waals surface area contributed by atoms with Crippen LogP contribution in [0.3, 0.4) is 0 Å². The molecule has 0 fully saturated rings. The van der Waals surface area contributed by atoms with Crippen LogP contribution >= 0.6 is 0 Å². The van der Waals surface area contributed by atoms with E-state index in [1.165, 1.54) is 0 Å². The highest BCUT2D eigenvalue weighted by molar-refractivity contribution is 5.92. The van der Waals surface area contributed by atoms with Crippen LogP contribution in [0.25, 0.3) is 0 Å². The Labute approximate surface area is 114 Å². The molecule has 3 N–H and O–H groups in total. The first-order valence-corrected chi connectivity index (χ1v) is 6.05. The van der Waals surface area contributed by atoms with Gasteiger partial charge in [-0.25, -0.2) is 0 Å². The molecule has 0 aliphatic heterocycles. The van der Waals surface area contributed by atoms with E-state index in [9.17, 15) is 0 Å². The Balaban J connectivity index is 2.36. The number of guanidine groups is 1. The van der Waals surface area contributed by atoms with E-state index in [0.29, 0.717) is 25.7 Å². The second-order valence-electron chi connectivity index (χ2n) is 4.13. The number of methoxy groups -OCH3 is 1. The fourth-order valence-corrected chi connectivity index (χ4v) is 1.37. The molecule has 0 saturated heterocycles. The van der Waals surface area contributed by atoms with E-state index >= 15 is 0 Å². The zero-order valence-electron chi connectivity index (χ0n) is 11.5. The van der Waals surface area contributed by atoms with Gasteiger partial charge in [0, 0.05) is 11.8 Å². The number of nitrogens with one attached hydrogen (secondary N) is 1. The van der Waals surface area contributed by atoms with Crippen LogP contribution in [-0.2, 0) is 4.74 Å². The Bertz CT molecular complexity index is 444. The maximum absolute atomic E-state index is 5.76. The van der Waals surface area contributed by atoms with Crippen molar-refractivity contribution in [1.82, 2.24) is 0 Å². The van der Waals surface area contributed by atoms with Crippen molar-refractivity contribution in [2.45, 2.75) is 6.92 Å². The van der Waals surface area contributed by atoms with Crippen molar-refractivity contribution in [1.29, 1.82) is 0 Å². The molecule has 0 atom stereocenters. The Morgan fingerprint density at radius 3 is 2.95 bits per heavy atom. The lowest BCUT2D eigenvalue weighted by Crippen LogP contribution is -2.23. The summed E-state index contributed by atoms with van der Waals surface area (Å²) in [5, 5.41) is 2.99. The lowest BCUT2D eigenvalue weighted by atomic mass is 10.3. The molecule has 19 heavy (non-hydrogen) atoms. The third-order valence-electron chi connectivity index (χ3n) is 2.21. The Hall–Kier alpha value is -2.01. The summed E-state index contributed by atoms with van der Waals surface area (Å²) >= 11 is 0. The number of rotatable bonds is 7. The topological polar surface area (TPSA) is 68.9 Å². The van der Waals surface area contributed by atoms with Gasteiger partial charge in [-0.1, -0.05) is 18.2 Å². The van der Waals surface area contributed by atoms with Crippen molar-refractivity contribution >= 4 is 11.6 Å². The summed E-state index contributed by atoms with van der Waals surface area (Å²) in [5.74, 6) is 1.12. The van der Waals surface area contributed by atoms with Crippen LogP contribution < -0.4 is 15.8 Å². The number of nitrogens with two attached hydrogens (primary N) is 1. The van der Waals surface area contributed by atoms with Gasteiger partial charge in [-0.3, -0.25) is 4.99 Å². The molecule has 0 saturated carbocycles. The SMILES string of the molecule is C=C(C)COCCN=C(N)Nc1cccc(OC)c1. The minimum Gasteiger partial charge on any atom is -0.497 e. The first-order valence-electron chi connectivity index (χ1n) is 6.05. The maximum Gasteiger partial charge on any atom is 0.193 e. The molecule has 0 aliphatic rings. The van der Waals surface area contributed by atoms with Crippen LogP contribution in [0.1, 0.15) is 6.92 Å². The summed E-state index contributed by atoms with van der Waals surface area (Å²) in [6, 6.07) is 7.48. The highest BCUT2D eigenvalue weighted by atomic mass is 16.5. The highest BCUT2D eigenvalue weighted by Crippen LogP contribution is 2.16. The predicted molar refractivity (Wildman–Crippen MR) is 78.7 cm³/mol. The molecular formula is C14H21N3O2. The van der Waals surface area contributed by atoms with Crippen molar-refractivity contribution in [3.63, 3.8) is 0 Å². The molecule has 0 heterocycles. The summed E-state index contributed by atoms with van der Waals surface area (Å²) in [6.45, 7) is 7.25. The van der Waals surface area contributed by atoms with Crippen LogP contribution in [0.2, 0.25) is 0 Å². The molecule has 0 aliphatic carbocycles. The van der Waals surface area contributed by atoms with Crippen LogP contribution in [0.15, 0.2) is 41.4 Å². The van der Waals surface area contributed by atoms with Crippen molar-refractivity contribution in [2.75, 3.05) is 32.2 Å². The minimum atomic E-state index is 0.354. The molecule has 0 bridgehead atoms. The average molecular weight is 263 g/mol. The van der Waals surface area contributed by atoms with E-state index in [-0.39, 0.29) is 0 Å². The molecule has 0 amide bonds. The lowest BCUT2D eigenvalue weighted by molar-refractivity contribution is 0.165.